The highest BCUT2D eigenvalue weighted by Gasteiger charge is 2.12. The third-order valence-corrected chi connectivity index (χ3v) is 3.18. The van der Waals surface area contributed by atoms with Crippen LogP contribution in [0.1, 0.15) is 25.7 Å². The number of ether oxygens (including phenoxy) is 1. The summed E-state index contributed by atoms with van der Waals surface area (Å²) < 4.78 is 5.56. The predicted octanol–water partition coefficient (Wildman–Crippen LogP) is 2.51. The van der Waals surface area contributed by atoms with E-state index in [-0.39, 0.29) is 5.69 Å². The summed E-state index contributed by atoms with van der Waals surface area (Å²) in [5, 5.41) is 14.1. The maximum Gasteiger partial charge on any atom is 0.273 e. The lowest BCUT2D eigenvalue weighted by Gasteiger charge is -2.23. The van der Waals surface area contributed by atoms with E-state index in [1.54, 1.807) is 12.1 Å². The molecule has 98 valence electrons. The monoisotopic (exact) mass is 250 g/mol. The van der Waals surface area contributed by atoms with Crippen molar-refractivity contribution in [1.29, 1.82) is 0 Å². The van der Waals surface area contributed by atoms with Crippen LogP contribution in [0.4, 0.5) is 5.69 Å². The van der Waals surface area contributed by atoms with Gasteiger partial charge >= 0.3 is 0 Å². The highest BCUT2D eigenvalue weighted by Crippen LogP contribution is 2.19. The van der Waals surface area contributed by atoms with E-state index >= 15 is 0 Å². The SMILES string of the molecule is O=[N+]([O-])c1cccc(OCCC2CCCCN2)c1. The van der Waals surface area contributed by atoms with Crippen molar-refractivity contribution in [3.63, 3.8) is 0 Å². The summed E-state index contributed by atoms with van der Waals surface area (Å²) in [6, 6.07) is 6.86. The first kappa shape index (κ1) is 12.8. The predicted molar refractivity (Wildman–Crippen MR) is 68.9 cm³/mol. The fourth-order valence-corrected chi connectivity index (χ4v) is 2.18. The van der Waals surface area contributed by atoms with Gasteiger partial charge in [-0.05, 0) is 31.9 Å². The minimum Gasteiger partial charge on any atom is -0.493 e. The number of nitrogens with one attached hydrogen (secondary N) is 1. The molecule has 5 heteroatoms. The van der Waals surface area contributed by atoms with Crippen molar-refractivity contribution in [2.24, 2.45) is 0 Å². The molecular formula is C13H18N2O3. The van der Waals surface area contributed by atoms with E-state index in [0.29, 0.717) is 18.4 Å². The number of nitrogens with zero attached hydrogens (tertiary/aromatic N) is 1. The molecule has 1 N–H and O–H groups in total. The van der Waals surface area contributed by atoms with Crippen LogP contribution >= 0.6 is 0 Å². The number of nitro groups is 1. The van der Waals surface area contributed by atoms with Crippen LogP contribution in [0.3, 0.4) is 0 Å². The summed E-state index contributed by atoms with van der Waals surface area (Å²) in [7, 11) is 0. The summed E-state index contributed by atoms with van der Waals surface area (Å²) in [6.07, 6.45) is 4.66. The Hall–Kier alpha value is -1.62. The van der Waals surface area contributed by atoms with Crippen LogP contribution < -0.4 is 10.1 Å². The molecule has 1 aromatic rings. The minimum absolute atomic E-state index is 0.0725. The molecule has 1 fully saturated rings. The second-order valence-corrected chi connectivity index (χ2v) is 4.54. The zero-order valence-corrected chi connectivity index (χ0v) is 10.3. The zero-order chi connectivity index (χ0) is 12.8. The van der Waals surface area contributed by atoms with Crippen LogP contribution in [-0.4, -0.2) is 24.1 Å². The Morgan fingerprint density at radius 2 is 2.33 bits per heavy atom. The summed E-state index contributed by atoms with van der Waals surface area (Å²) >= 11 is 0. The summed E-state index contributed by atoms with van der Waals surface area (Å²) in [6.45, 7) is 1.68. The van der Waals surface area contributed by atoms with Crippen molar-refractivity contribution in [2.75, 3.05) is 13.2 Å². The molecule has 0 radical (unpaired) electrons. The number of piperidine rings is 1. The molecule has 0 spiro atoms. The van der Waals surface area contributed by atoms with Gasteiger partial charge in [0.1, 0.15) is 5.75 Å². The quantitative estimate of drug-likeness (QED) is 0.644. The van der Waals surface area contributed by atoms with Gasteiger partial charge in [-0.25, -0.2) is 0 Å². The molecule has 1 atom stereocenters. The number of hydrogen-bond acceptors (Lipinski definition) is 4. The molecule has 1 aliphatic rings. The Kier molecular flexibility index (Phi) is 4.52. The standard InChI is InChI=1S/C13H18N2O3/c16-15(17)12-5-3-6-13(10-12)18-9-7-11-4-1-2-8-14-11/h3,5-6,10-11,14H,1-2,4,7-9H2. The van der Waals surface area contributed by atoms with Crippen LogP contribution in [0.15, 0.2) is 24.3 Å². The van der Waals surface area contributed by atoms with Gasteiger partial charge in [-0.2, -0.15) is 0 Å². The molecule has 0 aliphatic carbocycles. The van der Waals surface area contributed by atoms with Gasteiger partial charge in [0.15, 0.2) is 0 Å². The molecule has 0 aromatic heterocycles. The van der Waals surface area contributed by atoms with Gasteiger partial charge in [0.25, 0.3) is 5.69 Å². The Bertz CT molecular complexity index is 403. The van der Waals surface area contributed by atoms with Crippen molar-refractivity contribution in [3.8, 4) is 5.75 Å². The number of non-ortho nitro benzene ring substituents is 1. The molecule has 1 heterocycles. The van der Waals surface area contributed by atoms with Gasteiger partial charge < -0.3 is 10.1 Å². The first-order chi connectivity index (χ1) is 8.75. The maximum atomic E-state index is 10.6. The normalized spacial score (nSPS) is 19.4. The molecular weight excluding hydrogens is 232 g/mol. The first-order valence-electron chi connectivity index (χ1n) is 6.36. The van der Waals surface area contributed by atoms with E-state index in [1.807, 2.05) is 0 Å². The molecule has 2 rings (SSSR count). The average molecular weight is 250 g/mol. The topological polar surface area (TPSA) is 64.4 Å². The molecule has 0 amide bonds. The van der Waals surface area contributed by atoms with Gasteiger partial charge in [0.2, 0.25) is 0 Å². The Labute approximate surface area is 106 Å². The second-order valence-electron chi connectivity index (χ2n) is 4.54. The van der Waals surface area contributed by atoms with Gasteiger partial charge in [-0.3, -0.25) is 10.1 Å². The zero-order valence-electron chi connectivity index (χ0n) is 10.3. The minimum atomic E-state index is -0.407. The van der Waals surface area contributed by atoms with Crippen molar-refractivity contribution in [1.82, 2.24) is 5.32 Å². The highest BCUT2D eigenvalue weighted by molar-refractivity contribution is 5.37. The lowest BCUT2D eigenvalue weighted by molar-refractivity contribution is -0.384. The van der Waals surface area contributed by atoms with Gasteiger partial charge in [0, 0.05) is 12.1 Å². The third-order valence-electron chi connectivity index (χ3n) is 3.18. The molecule has 0 saturated carbocycles. The Balaban J connectivity index is 1.78. The van der Waals surface area contributed by atoms with Crippen LogP contribution in [0.2, 0.25) is 0 Å². The lowest BCUT2D eigenvalue weighted by atomic mass is 10.0. The van der Waals surface area contributed by atoms with Crippen LogP contribution in [0.5, 0.6) is 5.75 Å². The van der Waals surface area contributed by atoms with Crippen LogP contribution in [0.25, 0.3) is 0 Å². The Morgan fingerprint density at radius 1 is 1.44 bits per heavy atom. The van der Waals surface area contributed by atoms with Gasteiger partial charge in [-0.1, -0.05) is 12.5 Å². The summed E-state index contributed by atoms with van der Waals surface area (Å²) in [4.78, 5) is 10.2. The molecule has 1 aromatic carbocycles. The van der Waals surface area contributed by atoms with Crippen LogP contribution in [-0.2, 0) is 0 Å². The average Bonchev–Trinajstić information content (AvgIpc) is 2.40. The fourth-order valence-electron chi connectivity index (χ4n) is 2.18. The van der Waals surface area contributed by atoms with E-state index < -0.39 is 4.92 Å². The number of rotatable bonds is 5. The van der Waals surface area contributed by atoms with Gasteiger partial charge in [0.05, 0.1) is 17.6 Å². The van der Waals surface area contributed by atoms with Crippen molar-refractivity contribution >= 4 is 5.69 Å². The van der Waals surface area contributed by atoms with Crippen molar-refractivity contribution < 1.29 is 9.66 Å². The van der Waals surface area contributed by atoms with E-state index in [9.17, 15) is 10.1 Å². The van der Waals surface area contributed by atoms with E-state index in [2.05, 4.69) is 5.32 Å². The van der Waals surface area contributed by atoms with Crippen LogP contribution in [0, 0.1) is 10.1 Å². The molecule has 1 saturated heterocycles. The third kappa shape index (κ3) is 3.70. The second kappa shape index (κ2) is 6.35. The van der Waals surface area contributed by atoms with Gasteiger partial charge in [-0.15, -0.1) is 0 Å². The van der Waals surface area contributed by atoms with Crippen molar-refractivity contribution in [3.05, 3.63) is 34.4 Å². The molecule has 1 aliphatic heterocycles. The summed E-state index contributed by atoms with van der Waals surface area (Å²) in [5.74, 6) is 0.569. The molecule has 5 nitrogen and oxygen atoms in total. The van der Waals surface area contributed by atoms with E-state index in [0.717, 1.165) is 13.0 Å². The fraction of sp³-hybridized carbons (Fsp3) is 0.538. The maximum absolute atomic E-state index is 10.6. The van der Waals surface area contributed by atoms with E-state index in [4.69, 9.17) is 4.74 Å². The van der Waals surface area contributed by atoms with E-state index in [1.165, 1.54) is 31.4 Å². The largest absolute Gasteiger partial charge is 0.493 e. The number of benzene rings is 1. The smallest absolute Gasteiger partial charge is 0.273 e. The number of nitro benzene ring substituents is 1. The Morgan fingerprint density at radius 3 is 3.06 bits per heavy atom. The lowest BCUT2D eigenvalue weighted by Crippen LogP contribution is -2.35. The first-order valence-corrected chi connectivity index (χ1v) is 6.36. The van der Waals surface area contributed by atoms with Crippen molar-refractivity contribution in [2.45, 2.75) is 31.7 Å². The molecule has 0 bridgehead atoms. The molecule has 18 heavy (non-hydrogen) atoms. The molecule has 1 unspecified atom stereocenters. The summed E-state index contributed by atoms with van der Waals surface area (Å²) in [5.41, 5.74) is 0.0725. The highest BCUT2D eigenvalue weighted by atomic mass is 16.6. The number of hydrogen-bond donors (Lipinski definition) is 1.